The second-order valence-electron chi connectivity index (χ2n) is 6.21. The predicted octanol–water partition coefficient (Wildman–Crippen LogP) is 3.34. The van der Waals surface area contributed by atoms with Crippen molar-refractivity contribution in [2.24, 2.45) is 0 Å². The van der Waals surface area contributed by atoms with Gasteiger partial charge in [0.2, 0.25) is 0 Å². The molecule has 0 saturated heterocycles. The van der Waals surface area contributed by atoms with Crippen molar-refractivity contribution in [2.45, 2.75) is 40.5 Å². The van der Waals surface area contributed by atoms with E-state index in [1.54, 1.807) is 6.20 Å². The van der Waals surface area contributed by atoms with E-state index in [0.29, 0.717) is 0 Å². The molecule has 0 aliphatic carbocycles. The van der Waals surface area contributed by atoms with Gasteiger partial charge in [-0.05, 0) is 38.8 Å². The van der Waals surface area contributed by atoms with Crippen molar-refractivity contribution in [1.29, 1.82) is 0 Å². The summed E-state index contributed by atoms with van der Waals surface area (Å²) in [7, 11) is 0. The van der Waals surface area contributed by atoms with Crippen LogP contribution in [0.1, 0.15) is 36.1 Å². The van der Waals surface area contributed by atoms with E-state index in [0.717, 1.165) is 58.1 Å². The molecule has 0 unspecified atom stereocenters. The summed E-state index contributed by atoms with van der Waals surface area (Å²) >= 11 is 0. The van der Waals surface area contributed by atoms with Crippen LogP contribution in [0.5, 0.6) is 0 Å². The Bertz CT molecular complexity index is 1060. The average molecular weight is 320 g/mol. The van der Waals surface area contributed by atoms with Gasteiger partial charge in [0.25, 0.3) is 0 Å². The lowest BCUT2D eigenvalue weighted by Gasteiger charge is -2.10. The van der Waals surface area contributed by atoms with E-state index in [4.69, 9.17) is 10.1 Å². The smallest absolute Gasteiger partial charge is 0.184 e. The van der Waals surface area contributed by atoms with Crippen LogP contribution < -0.4 is 0 Å². The number of fused-ring (bicyclic) bond motifs is 3. The number of rotatable bonds is 3. The zero-order chi connectivity index (χ0) is 16.8. The fourth-order valence-corrected chi connectivity index (χ4v) is 3.23. The third-order valence-corrected chi connectivity index (χ3v) is 4.29. The topological polar surface area (TPSA) is 60.9 Å². The minimum absolute atomic E-state index is 0.743. The maximum atomic E-state index is 4.87. The predicted molar refractivity (Wildman–Crippen MR) is 93.6 cm³/mol. The Balaban J connectivity index is 2.14. The van der Waals surface area contributed by atoms with E-state index in [2.05, 4.69) is 35.9 Å². The maximum Gasteiger partial charge on any atom is 0.184 e. The first-order chi connectivity index (χ1) is 11.6. The summed E-state index contributed by atoms with van der Waals surface area (Å²) in [6.45, 7) is 8.24. The SMILES string of the molecule is CCCc1cc(-n2ccnc2C)n2nc3nc(C)cc(C)c3c2n1. The molecule has 0 saturated carbocycles. The first-order valence-corrected chi connectivity index (χ1v) is 8.25. The standard InChI is InChI=1S/C18H20N6/c1-5-6-14-10-15(23-8-7-19-13(23)4)24-18(21-14)16-11(2)9-12(3)20-17(16)22-24/h7-10H,5-6H2,1-4H3. The summed E-state index contributed by atoms with van der Waals surface area (Å²) < 4.78 is 3.93. The molecule has 4 rings (SSSR count). The van der Waals surface area contributed by atoms with Crippen LogP contribution in [0.4, 0.5) is 0 Å². The van der Waals surface area contributed by atoms with Crippen molar-refractivity contribution in [3.8, 4) is 5.82 Å². The van der Waals surface area contributed by atoms with E-state index < -0.39 is 0 Å². The van der Waals surface area contributed by atoms with Crippen LogP contribution >= 0.6 is 0 Å². The van der Waals surface area contributed by atoms with E-state index in [9.17, 15) is 0 Å². The highest BCUT2D eigenvalue weighted by atomic mass is 15.3. The Morgan fingerprint density at radius 2 is 1.92 bits per heavy atom. The summed E-state index contributed by atoms with van der Waals surface area (Å²) in [5, 5.41) is 5.76. The molecule has 0 bridgehead atoms. The second-order valence-corrected chi connectivity index (χ2v) is 6.21. The van der Waals surface area contributed by atoms with Crippen LogP contribution in [0.15, 0.2) is 24.5 Å². The molecule has 0 aromatic carbocycles. The molecule has 0 atom stereocenters. The van der Waals surface area contributed by atoms with Crippen molar-refractivity contribution in [2.75, 3.05) is 0 Å². The van der Waals surface area contributed by atoms with Gasteiger partial charge in [0.15, 0.2) is 11.3 Å². The molecule has 0 spiro atoms. The minimum Gasteiger partial charge on any atom is -0.288 e. The van der Waals surface area contributed by atoms with Gasteiger partial charge in [0.1, 0.15) is 11.6 Å². The van der Waals surface area contributed by atoms with Gasteiger partial charge in [-0.1, -0.05) is 13.3 Å². The van der Waals surface area contributed by atoms with Crippen molar-refractivity contribution in [1.82, 2.24) is 29.1 Å². The third-order valence-electron chi connectivity index (χ3n) is 4.29. The Hall–Kier alpha value is -2.76. The highest BCUT2D eigenvalue weighted by Gasteiger charge is 2.16. The van der Waals surface area contributed by atoms with Gasteiger partial charge in [0.05, 0.1) is 5.39 Å². The largest absolute Gasteiger partial charge is 0.288 e. The monoisotopic (exact) mass is 320 g/mol. The number of hydrogen-bond donors (Lipinski definition) is 0. The Kier molecular flexibility index (Phi) is 3.33. The molecule has 0 fully saturated rings. The number of aryl methyl sites for hydroxylation is 4. The van der Waals surface area contributed by atoms with Gasteiger partial charge >= 0.3 is 0 Å². The van der Waals surface area contributed by atoms with Crippen molar-refractivity contribution >= 4 is 16.7 Å². The summed E-state index contributed by atoms with van der Waals surface area (Å²) in [6, 6.07) is 4.18. The zero-order valence-electron chi connectivity index (χ0n) is 14.4. The lowest BCUT2D eigenvalue weighted by molar-refractivity contribution is 0.809. The summed E-state index contributed by atoms with van der Waals surface area (Å²) in [5.74, 6) is 1.87. The molecule has 4 heterocycles. The molecular weight excluding hydrogens is 300 g/mol. The van der Waals surface area contributed by atoms with Gasteiger partial charge < -0.3 is 0 Å². The molecule has 0 radical (unpaired) electrons. The highest BCUT2D eigenvalue weighted by molar-refractivity contribution is 5.93. The Labute approximate surface area is 140 Å². The van der Waals surface area contributed by atoms with Crippen molar-refractivity contribution < 1.29 is 0 Å². The molecule has 6 nitrogen and oxygen atoms in total. The van der Waals surface area contributed by atoms with E-state index in [-0.39, 0.29) is 0 Å². The number of imidazole rings is 1. The van der Waals surface area contributed by atoms with Crippen LogP contribution in [0.3, 0.4) is 0 Å². The first kappa shape index (κ1) is 14.8. The van der Waals surface area contributed by atoms with Gasteiger partial charge in [-0.3, -0.25) is 4.57 Å². The van der Waals surface area contributed by atoms with Crippen LogP contribution in [0.25, 0.3) is 22.5 Å². The highest BCUT2D eigenvalue weighted by Crippen LogP contribution is 2.25. The van der Waals surface area contributed by atoms with E-state index in [1.165, 1.54) is 0 Å². The molecular formula is C18H20N6. The summed E-state index contributed by atoms with van der Waals surface area (Å²) in [4.78, 5) is 13.8. The molecule has 4 aromatic rings. The van der Waals surface area contributed by atoms with Crippen LogP contribution in [0, 0.1) is 20.8 Å². The number of nitrogens with zero attached hydrogens (tertiary/aromatic N) is 6. The van der Waals surface area contributed by atoms with Crippen molar-refractivity contribution in [3.63, 3.8) is 0 Å². The minimum atomic E-state index is 0.743. The third kappa shape index (κ3) is 2.18. The molecule has 4 aromatic heterocycles. The Morgan fingerprint density at radius 1 is 1.08 bits per heavy atom. The number of hydrogen-bond acceptors (Lipinski definition) is 4. The van der Waals surface area contributed by atoms with Crippen LogP contribution in [-0.4, -0.2) is 29.1 Å². The van der Waals surface area contributed by atoms with Gasteiger partial charge in [0, 0.05) is 29.8 Å². The average Bonchev–Trinajstić information content (AvgIpc) is 3.10. The maximum absolute atomic E-state index is 4.87. The van der Waals surface area contributed by atoms with Gasteiger partial charge in [-0.15, -0.1) is 5.10 Å². The molecule has 24 heavy (non-hydrogen) atoms. The van der Waals surface area contributed by atoms with Crippen LogP contribution in [-0.2, 0) is 6.42 Å². The lowest BCUT2D eigenvalue weighted by atomic mass is 10.2. The number of aromatic nitrogens is 6. The Morgan fingerprint density at radius 3 is 2.62 bits per heavy atom. The molecule has 0 N–H and O–H groups in total. The van der Waals surface area contributed by atoms with E-state index >= 15 is 0 Å². The summed E-state index contributed by atoms with van der Waals surface area (Å²) in [6.07, 6.45) is 5.74. The second kappa shape index (κ2) is 5.40. The summed E-state index contributed by atoms with van der Waals surface area (Å²) in [5.41, 5.74) is 4.80. The quantitative estimate of drug-likeness (QED) is 0.581. The molecule has 122 valence electrons. The number of pyridine rings is 1. The lowest BCUT2D eigenvalue weighted by Crippen LogP contribution is -2.07. The first-order valence-electron chi connectivity index (χ1n) is 8.25. The van der Waals surface area contributed by atoms with Gasteiger partial charge in [-0.2, -0.15) is 4.52 Å². The molecule has 0 amide bonds. The fourth-order valence-electron chi connectivity index (χ4n) is 3.23. The van der Waals surface area contributed by atoms with Gasteiger partial charge in [-0.25, -0.2) is 15.0 Å². The normalized spacial score (nSPS) is 11.7. The molecule has 0 aliphatic rings. The van der Waals surface area contributed by atoms with Crippen molar-refractivity contribution in [3.05, 3.63) is 47.3 Å². The molecule has 0 aliphatic heterocycles. The van der Waals surface area contributed by atoms with Crippen LogP contribution in [0.2, 0.25) is 0 Å². The zero-order valence-corrected chi connectivity index (χ0v) is 14.4. The van der Waals surface area contributed by atoms with E-state index in [1.807, 2.05) is 29.1 Å². The molecule has 6 heteroatoms. The fraction of sp³-hybridized carbons (Fsp3) is 0.333.